The highest BCUT2D eigenvalue weighted by molar-refractivity contribution is 7.89. The standard InChI is InChI=1S/C17H22N2O4S/c18-24(21,22)14-6-4-13(5-7-14)8-11-19-15-12-16(20)23-17(15)9-2-1-3-10-17/h4-7H,1-3,8-12H2,(H2,18,21,22). The summed E-state index contributed by atoms with van der Waals surface area (Å²) in [6.45, 7) is 0.558. The molecule has 0 amide bonds. The zero-order chi connectivity index (χ0) is 17.2. The number of nitrogens with zero attached hydrogens (tertiary/aromatic N) is 1. The molecule has 1 aliphatic heterocycles. The van der Waals surface area contributed by atoms with Gasteiger partial charge in [-0.25, -0.2) is 13.6 Å². The molecular formula is C17H22N2O4S. The summed E-state index contributed by atoms with van der Waals surface area (Å²) in [6, 6.07) is 6.49. The summed E-state index contributed by atoms with van der Waals surface area (Å²) in [4.78, 5) is 16.5. The van der Waals surface area contributed by atoms with Gasteiger partial charge in [0.1, 0.15) is 0 Å². The maximum atomic E-state index is 11.7. The lowest BCUT2D eigenvalue weighted by molar-refractivity contribution is -0.148. The first-order valence-electron chi connectivity index (χ1n) is 8.26. The lowest BCUT2D eigenvalue weighted by Gasteiger charge is -2.32. The fourth-order valence-electron chi connectivity index (χ4n) is 3.49. The van der Waals surface area contributed by atoms with Crippen molar-refractivity contribution in [2.45, 2.75) is 55.4 Å². The summed E-state index contributed by atoms with van der Waals surface area (Å²) in [6.07, 6.45) is 6.05. The summed E-state index contributed by atoms with van der Waals surface area (Å²) in [5.74, 6) is -0.173. The molecule has 2 aliphatic rings. The van der Waals surface area contributed by atoms with Gasteiger partial charge < -0.3 is 4.74 Å². The van der Waals surface area contributed by atoms with E-state index in [1.54, 1.807) is 12.1 Å². The van der Waals surface area contributed by atoms with E-state index in [4.69, 9.17) is 9.88 Å². The number of ether oxygens (including phenoxy) is 1. The van der Waals surface area contributed by atoms with E-state index in [1.807, 2.05) is 0 Å². The molecule has 0 atom stereocenters. The topological polar surface area (TPSA) is 98.8 Å². The summed E-state index contributed by atoms with van der Waals surface area (Å²) >= 11 is 0. The molecule has 24 heavy (non-hydrogen) atoms. The fourth-order valence-corrected chi connectivity index (χ4v) is 4.01. The summed E-state index contributed by atoms with van der Waals surface area (Å²) < 4.78 is 28.1. The number of primary sulfonamides is 1. The summed E-state index contributed by atoms with van der Waals surface area (Å²) in [5.41, 5.74) is 1.41. The van der Waals surface area contributed by atoms with Gasteiger partial charge in [0.05, 0.1) is 17.0 Å². The van der Waals surface area contributed by atoms with E-state index < -0.39 is 15.6 Å². The summed E-state index contributed by atoms with van der Waals surface area (Å²) in [7, 11) is -3.66. The van der Waals surface area contributed by atoms with E-state index >= 15 is 0 Å². The third-order valence-corrected chi connectivity index (χ3v) is 5.69. The van der Waals surface area contributed by atoms with Gasteiger partial charge in [-0.2, -0.15) is 0 Å². The van der Waals surface area contributed by atoms with E-state index in [2.05, 4.69) is 4.99 Å². The van der Waals surface area contributed by atoms with Gasteiger partial charge in [-0.3, -0.25) is 9.79 Å². The number of hydrogen-bond donors (Lipinski definition) is 1. The molecule has 1 heterocycles. The van der Waals surface area contributed by atoms with Crippen LogP contribution < -0.4 is 5.14 Å². The Hall–Kier alpha value is -1.73. The Morgan fingerprint density at radius 3 is 2.42 bits per heavy atom. The molecule has 1 saturated carbocycles. The van der Waals surface area contributed by atoms with E-state index in [0.29, 0.717) is 19.4 Å². The van der Waals surface area contributed by atoms with Gasteiger partial charge in [0.25, 0.3) is 0 Å². The van der Waals surface area contributed by atoms with Crippen molar-refractivity contribution in [1.82, 2.24) is 0 Å². The fraction of sp³-hybridized carbons (Fsp3) is 0.529. The minimum Gasteiger partial charge on any atom is -0.453 e. The van der Waals surface area contributed by atoms with E-state index in [-0.39, 0.29) is 10.9 Å². The Labute approximate surface area is 142 Å². The highest BCUT2D eigenvalue weighted by atomic mass is 32.2. The van der Waals surface area contributed by atoms with Crippen LogP contribution in [0.25, 0.3) is 0 Å². The van der Waals surface area contributed by atoms with Crippen molar-refractivity contribution in [1.29, 1.82) is 0 Å². The van der Waals surface area contributed by atoms with E-state index in [0.717, 1.165) is 37.0 Å². The quantitative estimate of drug-likeness (QED) is 0.839. The van der Waals surface area contributed by atoms with Crippen LogP contribution in [0, 0.1) is 0 Å². The predicted octanol–water partition coefficient (Wildman–Crippen LogP) is 1.97. The maximum Gasteiger partial charge on any atom is 0.312 e. The van der Waals surface area contributed by atoms with Crippen LogP contribution in [-0.4, -0.2) is 32.2 Å². The molecule has 2 N–H and O–H groups in total. The highest BCUT2D eigenvalue weighted by Crippen LogP contribution is 2.38. The number of esters is 1. The van der Waals surface area contributed by atoms with Gasteiger partial charge >= 0.3 is 5.97 Å². The zero-order valence-electron chi connectivity index (χ0n) is 13.5. The Morgan fingerprint density at radius 1 is 1.12 bits per heavy atom. The van der Waals surface area contributed by atoms with Gasteiger partial charge in [-0.15, -0.1) is 0 Å². The second-order valence-corrected chi connectivity index (χ2v) is 8.03. The highest BCUT2D eigenvalue weighted by Gasteiger charge is 2.46. The number of nitrogens with two attached hydrogens (primary N) is 1. The van der Waals surface area contributed by atoms with Crippen LogP contribution in [0.2, 0.25) is 0 Å². The molecule has 1 spiro atoms. The monoisotopic (exact) mass is 350 g/mol. The Kier molecular flexibility index (Phi) is 4.73. The van der Waals surface area contributed by atoms with Crippen LogP contribution in [0.4, 0.5) is 0 Å². The molecule has 0 bridgehead atoms. The molecule has 3 rings (SSSR count). The first-order chi connectivity index (χ1) is 11.4. The number of carbonyl (C=O) groups excluding carboxylic acids is 1. The Bertz CT molecular complexity index is 747. The normalized spacial score (nSPS) is 22.0. The third-order valence-electron chi connectivity index (χ3n) is 4.76. The molecule has 0 radical (unpaired) electrons. The molecule has 1 aromatic carbocycles. The summed E-state index contributed by atoms with van der Waals surface area (Å²) in [5, 5.41) is 5.09. The first kappa shape index (κ1) is 17.1. The minimum atomic E-state index is -3.66. The van der Waals surface area contributed by atoms with Crippen molar-refractivity contribution in [2.75, 3.05) is 6.54 Å². The largest absolute Gasteiger partial charge is 0.453 e. The average Bonchev–Trinajstić information content (AvgIpc) is 2.83. The Morgan fingerprint density at radius 2 is 1.79 bits per heavy atom. The van der Waals surface area contributed by atoms with E-state index in [1.165, 1.54) is 18.6 Å². The smallest absolute Gasteiger partial charge is 0.312 e. The van der Waals surface area contributed by atoms with Crippen molar-refractivity contribution in [3.8, 4) is 0 Å². The lowest BCUT2D eigenvalue weighted by Crippen LogP contribution is -2.38. The number of carbonyl (C=O) groups is 1. The zero-order valence-corrected chi connectivity index (χ0v) is 14.3. The second-order valence-electron chi connectivity index (χ2n) is 6.47. The predicted molar refractivity (Wildman–Crippen MR) is 90.3 cm³/mol. The van der Waals surface area contributed by atoms with Gasteiger partial charge in [-0.1, -0.05) is 18.6 Å². The van der Waals surface area contributed by atoms with Crippen molar-refractivity contribution in [3.63, 3.8) is 0 Å². The third kappa shape index (κ3) is 3.67. The number of sulfonamides is 1. The molecule has 1 aromatic rings. The second kappa shape index (κ2) is 6.64. The van der Waals surface area contributed by atoms with Crippen LogP contribution >= 0.6 is 0 Å². The van der Waals surface area contributed by atoms with Crippen molar-refractivity contribution >= 4 is 21.7 Å². The number of aliphatic imine (C=N–C) groups is 1. The molecule has 130 valence electrons. The van der Waals surface area contributed by atoms with Crippen LogP contribution in [-0.2, 0) is 26.0 Å². The first-order valence-corrected chi connectivity index (χ1v) is 9.81. The van der Waals surface area contributed by atoms with Crippen molar-refractivity contribution in [3.05, 3.63) is 29.8 Å². The molecule has 1 aliphatic carbocycles. The van der Waals surface area contributed by atoms with Crippen LogP contribution in [0.5, 0.6) is 0 Å². The van der Waals surface area contributed by atoms with Gasteiger partial charge in [-0.05, 0) is 49.8 Å². The maximum absolute atomic E-state index is 11.7. The minimum absolute atomic E-state index is 0.105. The molecule has 7 heteroatoms. The molecule has 0 unspecified atom stereocenters. The van der Waals surface area contributed by atoms with Gasteiger partial charge in [0.15, 0.2) is 5.60 Å². The van der Waals surface area contributed by atoms with E-state index in [9.17, 15) is 13.2 Å². The SMILES string of the molecule is NS(=O)(=O)c1ccc(CCN=C2CC(=O)OC23CCCCC3)cc1. The molecule has 1 saturated heterocycles. The van der Waals surface area contributed by atoms with Gasteiger partial charge in [0, 0.05) is 6.54 Å². The van der Waals surface area contributed by atoms with Gasteiger partial charge in [0.2, 0.25) is 10.0 Å². The molecule has 6 nitrogen and oxygen atoms in total. The van der Waals surface area contributed by atoms with Crippen molar-refractivity contribution < 1.29 is 17.9 Å². The number of rotatable bonds is 4. The number of hydrogen-bond acceptors (Lipinski definition) is 5. The Balaban J connectivity index is 1.66. The van der Waals surface area contributed by atoms with Crippen LogP contribution in [0.1, 0.15) is 44.1 Å². The van der Waals surface area contributed by atoms with Crippen LogP contribution in [0.15, 0.2) is 34.2 Å². The van der Waals surface area contributed by atoms with Crippen LogP contribution in [0.3, 0.4) is 0 Å². The molecular weight excluding hydrogens is 328 g/mol. The molecule has 2 fully saturated rings. The average molecular weight is 350 g/mol. The number of benzene rings is 1. The van der Waals surface area contributed by atoms with Crippen molar-refractivity contribution in [2.24, 2.45) is 10.1 Å². The molecule has 0 aromatic heterocycles. The lowest BCUT2D eigenvalue weighted by atomic mass is 9.81.